The number of nitriles is 1. The van der Waals surface area contributed by atoms with Gasteiger partial charge in [-0.3, -0.25) is 0 Å². The van der Waals surface area contributed by atoms with E-state index in [2.05, 4.69) is 29.6 Å². The lowest BCUT2D eigenvalue weighted by Crippen LogP contribution is -2.35. The number of halogens is 1. The second-order valence-corrected chi connectivity index (χ2v) is 13.2. The maximum Gasteiger partial charge on any atom is 0.336 e. The zero-order valence-electron chi connectivity index (χ0n) is 28.2. The van der Waals surface area contributed by atoms with Crippen LogP contribution in [-0.2, 0) is 23.8 Å². The summed E-state index contributed by atoms with van der Waals surface area (Å²) in [5, 5.41) is 12.8. The third-order valence-electron chi connectivity index (χ3n) is 9.40. The zero-order valence-corrected chi connectivity index (χ0v) is 28.9. The topological polar surface area (TPSA) is 97.7 Å². The Morgan fingerprint density at radius 2 is 1.51 bits per heavy atom. The number of ether oxygens (including phenoxy) is 3. The minimum atomic E-state index is -0.821. The maximum atomic E-state index is 14.3. The molecule has 3 aromatic rings. The van der Waals surface area contributed by atoms with E-state index in [9.17, 15) is 9.59 Å². The lowest BCUT2D eigenvalue weighted by Gasteiger charge is -2.32. The Morgan fingerprint density at radius 3 is 2.16 bits per heavy atom. The fraction of sp³-hybridized carbons (Fsp3) is 0.390. The molecule has 1 saturated carbocycles. The fourth-order valence-electron chi connectivity index (χ4n) is 6.95. The molecule has 1 aliphatic heterocycles. The molecule has 2 aliphatic rings. The molecule has 256 valence electrons. The summed E-state index contributed by atoms with van der Waals surface area (Å²) in [6.07, 6.45) is 7.87. The molecule has 0 amide bonds. The summed E-state index contributed by atoms with van der Waals surface area (Å²) in [5.41, 5.74) is 4.56. The first-order valence-corrected chi connectivity index (χ1v) is 17.7. The van der Waals surface area contributed by atoms with Gasteiger partial charge in [0.2, 0.25) is 0 Å². The molecule has 1 fully saturated rings. The van der Waals surface area contributed by atoms with Crippen molar-refractivity contribution in [1.82, 2.24) is 5.32 Å². The number of esters is 2. The summed E-state index contributed by atoms with van der Waals surface area (Å²) >= 11 is 6.46. The fourth-order valence-corrected chi connectivity index (χ4v) is 7.15. The summed E-state index contributed by atoms with van der Waals surface area (Å²) in [6.45, 7) is 2.60. The average Bonchev–Trinajstić information content (AvgIpc) is 3.12. The Bertz CT molecular complexity index is 1620. The van der Waals surface area contributed by atoms with Gasteiger partial charge in [0.25, 0.3) is 0 Å². The van der Waals surface area contributed by atoms with Crippen molar-refractivity contribution in [1.29, 1.82) is 5.26 Å². The minimum Gasteiger partial charge on any atom is -0.462 e. The molecule has 1 heterocycles. The van der Waals surface area contributed by atoms with Crippen LogP contribution in [0.5, 0.6) is 0 Å². The smallest absolute Gasteiger partial charge is 0.336 e. The van der Waals surface area contributed by atoms with Crippen molar-refractivity contribution in [2.24, 2.45) is 5.92 Å². The highest BCUT2D eigenvalue weighted by molar-refractivity contribution is 6.30. The van der Waals surface area contributed by atoms with Crippen molar-refractivity contribution in [3.63, 3.8) is 0 Å². The highest BCUT2D eigenvalue weighted by Crippen LogP contribution is 2.40. The highest BCUT2D eigenvalue weighted by Gasteiger charge is 2.39. The molecule has 3 aromatic carbocycles. The quantitative estimate of drug-likeness (QED) is 0.127. The van der Waals surface area contributed by atoms with E-state index in [1.807, 2.05) is 48.5 Å². The number of dihydropyridines is 1. The van der Waals surface area contributed by atoms with Crippen LogP contribution in [0.15, 0.2) is 107 Å². The van der Waals surface area contributed by atoms with Gasteiger partial charge in [0.05, 0.1) is 48.5 Å². The number of benzene rings is 3. The van der Waals surface area contributed by atoms with Crippen LogP contribution < -0.4 is 5.32 Å². The molecule has 0 aromatic heterocycles. The van der Waals surface area contributed by atoms with Crippen LogP contribution in [0.2, 0.25) is 5.02 Å². The van der Waals surface area contributed by atoms with E-state index in [4.69, 9.17) is 31.1 Å². The van der Waals surface area contributed by atoms with Gasteiger partial charge in [-0.1, -0.05) is 117 Å². The number of nitrogens with zero attached hydrogens (tertiary/aromatic N) is 1. The Hall–Kier alpha value is -4.38. The summed E-state index contributed by atoms with van der Waals surface area (Å²) < 4.78 is 17.8. The second kappa shape index (κ2) is 18.4. The van der Waals surface area contributed by atoms with Crippen LogP contribution in [0.4, 0.5) is 0 Å². The number of hydrogen-bond donors (Lipinski definition) is 1. The Labute approximate surface area is 294 Å². The van der Waals surface area contributed by atoms with Gasteiger partial charge in [-0.25, -0.2) is 9.59 Å². The summed E-state index contributed by atoms with van der Waals surface area (Å²) in [4.78, 5) is 27.9. The van der Waals surface area contributed by atoms with Gasteiger partial charge >= 0.3 is 11.9 Å². The van der Waals surface area contributed by atoms with Crippen molar-refractivity contribution in [2.75, 3.05) is 26.4 Å². The third kappa shape index (κ3) is 9.84. The molecular weight excluding hydrogens is 636 g/mol. The van der Waals surface area contributed by atoms with Crippen LogP contribution in [-0.4, -0.2) is 38.4 Å². The van der Waals surface area contributed by atoms with Gasteiger partial charge in [0, 0.05) is 23.2 Å². The predicted octanol–water partition coefficient (Wildman–Crippen LogP) is 8.76. The van der Waals surface area contributed by atoms with Gasteiger partial charge in [0.1, 0.15) is 6.61 Å². The summed E-state index contributed by atoms with van der Waals surface area (Å²) in [6, 6.07) is 29.5. The van der Waals surface area contributed by atoms with E-state index in [1.165, 1.54) is 32.1 Å². The lowest BCUT2D eigenvalue weighted by atomic mass is 9.80. The van der Waals surface area contributed by atoms with E-state index in [1.54, 1.807) is 25.1 Å². The van der Waals surface area contributed by atoms with E-state index < -0.39 is 17.9 Å². The van der Waals surface area contributed by atoms with Crippen LogP contribution >= 0.6 is 11.6 Å². The lowest BCUT2D eigenvalue weighted by molar-refractivity contribution is -0.140. The first kappa shape index (κ1) is 35.9. The first-order chi connectivity index (χ1) is 24.0. The van der Waals surface area contributed by atoms with Crippen LogP contribution in [0.3, 0.4) is 0 Å². The molecule has 0 bridgehead atoms. The van der Waals surface area contributed by atoms with Crippen molar-refractivity contribution >= 4 is 23.5 Å². The highest BCUT2D eigenvalue weighted by atomic mass is 35.5. The Balaban J connectivity index is 1.43. The monoisotopic (exact) mass is 680 g/mol. The summed E-state index contributed by atoms with van der Waals surface area (Å²) in [7, 11) is 0. The molecule has 0 saturated heterocycles. The number of carbonyl (C=O) groups is 2. The molecule has 1 unspecified atom stereocenters. The van der Waals surface area contributed by atoms with Crippen molar-refractivity contribution < 1.29 is 23.8 Å². The van der Waals surface area contributed by atoms with Crippen molar-refractivity contribution in [3.05, 3.63) is 129 Å². The van der Waals surface area contributed by atoms with Gasteiger partial charge in [0.15, 0.2) is 0 Å². The zero-order chi connectivity index (χ0) is 34.4. The van der Waals surface area contributed by atoms with Crippen molar-refractivity contribution in [2.45, 2.75) is 70.1 Å². The minimum absolute atomic E-state index is 0.0211. The van der Waals surface area contributed by atoms with Gasteiger partial charge in [-0.15, -0.1) is 0 Å². The van der Waals surface area contributed by atoms with Gasteiger partial charge in [-0.05, 0) is 54.5 Å². The second-order valence-electron chi connectivity index (χ2n) is 12.7. The van der Waals surface area contributed by atoms with E-state index in [-0.39, 0.29) is 43.3 Å². The van der Waals surface area contributed by atoms with Gasteiger partial charge < -0.3 is 19.5 Å². The molecule has 49 heavy (non-hydrogen) atoms. The van der Waals surface area contributed by atoms with E-state index in [0.717, 1.165) is 17.5 Å². The number of carbonyl (C=O) groups excluding carboxylic acids is 2. The SMILES string of the molecule is CC1=C(C(=O)OCCC#N)C(c2cccc(Cl)c2)C(C(=O)OCCC(c2ccccc2)c2ccccc2)=C(COCCC2CCCCC2)N1. The first-order valence-electron chi connectivity index (χ1n) is 17.3. The van der Waals surface area contributed by atoms with Crippen LogP contribution in [0.1, 0.15) is 86.8 Å². The molecule has 0 spiro atoms. The molecule has 1 atom stereocenters. The maximum absolute atomic E-state index is 14.3. The molecule has 5 rings (SSSR count). The standard InChI is InChI=1S/C41H45ClN2O5/c1-29-37(40(45)48-24-12-23-43)38(33-19-11-20-34(42)27-33)39(36(44-29)28-47-25-21-30-13-5-2-6-14-30)41(46)49-26-22-35(31-15-7-3-8-16-31)32-17-9-4-10-18-32/h3-4,7-11,15-20,27,30,35,38,44H,2,5-6,12-14,21-22,24-26,28H2,1H3. The largest absolute Gasteiger partial charge is 0.462 e. The number of hydrogen-bond acceptors (Lipinski definition) is 7. The van der Waals surface area contributed by atoms with Crippen LogP contribution in [0, 0.1) is 17.2 Å². The normalized spacial score (nSPS) is 16.7. The van der Waals surface area contributed by atoms with E-state index in [0.29, 0.717) is 40.9 Å². The Kier molecular flexibility index (Phi) is 13.5. The molecule has 1 aliphatic carbocycles. The number of nitrogens with one attached hydrogen (secondary N) is 1. The van der Waals surface area contributed by atoms with Crippen molar-refractivity contribution in [3.8, 4) is 6.07 Å². The average molecular weight is 681 g/mol. The Morgan fingerprint density at radius 1 is 0.857 bits per heavy atom. The van der Waals surface area contributed by atoms with Crippen LogP contribution in [0.25, 0.3) is 0 Å². The molecule has 7 nitrogen and oxygen atoms in total. The van der Waals surface area contributed by atoms with E-state index >= 15 is 0 Å². The third-order valence-corrected chi connectivity index (χ3v) is 9.63. The molecule has 1 N–H and O–H groups in total. The predicted molar refractivity (Wildman–Crippen MR) is 191 cm³/mol. The number of allylic oxidation sites excluding steroid dienone is 1. The number of rotatable bonds is 15. The summed E-state index contributed by atoms with van der Waals surface area (Å²) in [5.74, 6) is -1.30. The van der Waals surface area contributed by atoms with Gasteiger partial charge in [-0.2, -0.15) is 5.26 Å². The molecule has 0 radical (unpaired) electrons. The molecule has 8 heteroatoms. The molecular formula is C41H45ClN2O5.